The lowest BCUT2D eigenvalue weighted by Gasteiger charge is -2.09. The van der Waals surface area contributed by atoms with Gasteiger partial charge in [-0.1, -0.05) is 103 Å². The first-order valence-electron chi connectivity index (χ1n) is 12.9. The summed E-state index contributed by atoms with van der Waals surface area (Å²) in [5, 5.41) is 4.75. The molecule has 0 radical (unpaired) electrons. The van der Waals surface area contributed by atoms with Crippen molar-refractivity contribution in [2.45, 2.75) is 0 Å². The van der Waals surface area contributed by atoms with E-state index in [9.17, 15) is 0 Å². The van der Waals surface area contributed by atoms with E-state index in [0.717, 1.165) is 27.6 Å². The minimum Gasteiger partial charge on any atom is -0.454 e. The Morgan fingerprint density at radius 1 is 0.395 bits per heavy atom. The number of nitrogens with zero attached hydrogens (tertiary/aromatic N) is 1. The summed E-state index contributed by atoms with van der Waals surface area (Å²) in [7, 11) is 0. The summed E-state index contributed by atoms with van der Waals surface area (Å²) in [6, 6.07) is 49.5. The van der Waals surface area contributed by atoms with Gasteiger partial charge < -0.3 is 8.98 Å². The molecule has 0 aliphatic carbocycles. The lowest BCUT2D eigenvalue weighted by molar-refractivity contribution is 0.666. The molecule has 0 aliphatic rings. The van der Waals surface area contributed by atoms with Gasteiger partial charge in [0.05, 0.1) is 16.7 Å². The zero-order valence-electron chi connectivity index (χ0n) is 20.6. The quantitative estimate of drug-likeness (QED) is 0.243. The minimum absolute atomic E-state index is 0.913. The Morgan fingerprint density at radius 3 is 1.92 bits per heavy atom. The molecule has 6 aromatic carbocycles. The first kappa shape index (κ1) is 21.0. The van der Waals surface area contributed by atoms with Crippen molar-refractivity contribution in [3.63, 3.8) is 0 Å². The molecule has 2 heterocycles. The van der Waals surface area contributed by atoms with Crippen molar-refractivity contribution in [1.29, 1.82) is 0 Å². The highest BCUT2D eigenvalue weighted by atomic mass is 16.3. The second-order valence-corrected chi connectivity index (χ2v) is 9.78. The van der Waals surface area contributed by atoms with Crippen LogP contribution in [0.15, 0.2) is 144 Å². The van der Waals surface area contributed by atoms with Gasteiger partial charge in [0.2, 0.25) is 0 Å². The van der Waals surface area contributed by atoms with Crippen LogP contribution in [-0.4, -0.2) is 4.57 Å². The van der Waals surface area contributed by atoms with Gasteiger partial charge in [0.1, 0.15) is 5.58 Å². The van der Waals surface area contributed by atoms with Crippen LogP contribution in [0.25, 0.3) is 71.7 Å². The fourth-order valence-electron chi connectivity index (χ4n) is 5.83. The Balaban J connectivity index is 1.37. The number of benzene rings is 6. The lowest BCUT2D eigenvalue weighted by atomic mass is 9.98. The van der Waals surface area contributed by atoms with Gasteiger partial charge >= 0.3 is 0 Å². The molecule has 0 N–H and O–H groups in total. The number of aromatic nitrogens is 1. The van der Waals surface area contributed by atoms with Crippen LogP contribution in [0, 0.1) is 0 Å². The van der Waals surface area contributed by atoms with Crippen molar-refractivity contribution in [1.82, 2.24) is 4.57 Å². The van der Waals surface area contributed by atoms with E-state index in [0.29, 0.717) is 0 Å². The predicted octanol–water partition coefficient (Wildman–Crippen LogP) is 10.0. The topological polar surface area (TPSA) is 18.1 Å². The predicted molar refractivity (Wildman–Crippen MR) is 159 cm³/mol. The average molecular weight is 486 g/mol. The van der Waals surface area contributed by atoms with Gasteiger partial charge in [-0.25, -0.2) is 0 Å². The molecule has 0 spiro atoms. The molecule has 2 heteroatoms. The van der Waals surface area contributed by atoms with Crippen LogP contribution in [0.3, 0.4) is 0 Å². The Hall–Kier alpha value is -5.08. The van der Waals surface area contributed by atoms with Crippen LogP contribution < -0.4 is 0 Å². The number of rotatable bonds is 3. The summed E-state index contributed by atoms with van der Waals surface area (Å²) in [6.45, 7) is 0. The summed E-state index contributed by atoms with van der Waals surface area (Å²) in [6.07, 6.45) is 0. The first-order valence-corrected chi connectivity index (χ1v) is 12.9. The highest BCUT2D eigenvalue weighted by Gasteiger charge is 2.17. The largest absolute Gasteiger partial charge is 0.454 e. The fourth-order valence-corrected chi connectivity index (χ4v) is 5.83. The van der Waals surface area contributed by atoms with Gasteiger partial charge in [0.25, 0.3) is 0 Å². The summed E-state index contributed by atoms with van der Waals surface area (Å²) in [4.78, 5) is 0. The Morgan fingerprint density at radius 2 is 1.03 bits per heavy atom. The maximum absolute atomic E-state index is 6.43. The average Bonchev–Trinajstić information content (AvgIpc) is 3.53. The van der Waals surface area contributed by atoms with E-state index >= 15 is 0 Å². The fraction of sp³-hybridized carbons (Fsp3) is 0. The van der Waals surface area contributed by atoms with Crippen LogP contribution in [0.1, 0.15) is 0 Å². The zero-order valence-corrected chi connectivity index (χ0v) is 20.6. The van der Waals surface area contributed by atoms with Gasteiger partial charge in [-0.05, 0) is 58.7 Å². The third kappa shape index (κ3) is 3.14. The third-order valence-electron chi connectivity index (χ3n) is 7.60. The van der Waals surface area contributed by atoms with Crippen LogP contribution >= 0.6 is 0 Å². The van der Waals surface area contributed by atoms with Gasteiger partial charge in [0, 0.05) is 21.5 Å². The molecule has 0 fully saturated rings. The van der Waals surface area contributed by atoms with E-state index in [1.54, 1.807) is 0 Å². The zero-order chi connectivity index (χ0) is 25.1. The number of hydrogen-bond donors (Lipinski definition) is 0. The van der Waals surface area contributed by atoms with Crippen molar-refractivity contribution in [3.8, 4) is 27.9 Å². The molecule has 2 nitrogen and oxygen atoms in total. The highest BCUT2D eigenvalue weighted by molar-refractivity contribution is 6.13. The second kappa shape index (κ2) is 8.22. The smallest absolute Gasteiger partial charge is 0.159 e. The minimum atomic E-state index is 0.913. The van der Waals surface area contributed by atoms with Gasteiger partial charge in [0.15, 0.2) is 5.58 Å². The van der Waals surface area contributed by atoms with Gasteiger partial charge in [-0.15, -0.1) is 0 Å². The second-order valence-electron chi connectivity index (χ2n) is 9.78. The molecule has 8 rings (SSSR count). The maximum atomic E-state index is 6.43. The van der Waals surface area contributed by atoms with Crippen molar-refractivity contribution in [2.24, 2.45) is 0 Å². The lowest BCUT2D eigenvalue weighted by Crippen LogP contribution is -1.94. The van der Waals surface area contributed by atoms with Crippen LogP contribution in [0.4, 0.5) is 0 Å². The van der Waals surface area contributed by atoms with Gasteiger partial charge in [-0.2, -0.15) is 0 Å². The van der Waals surface area contributed by atoms with E-state index in [1.165, 1.54) is 44.1 Å². The number of furan rings is 1. The summed E-state index contributed by atoms with van der Waals surface area (Å²) < 4.78 is 8.78. The van der Waals surface area contributed by atoms with E-state index in [4.69, 9.17) is 4.42 Å². The molecular weight excluding hydrogens is 462 g/mol. The molecule has 178 valence electrons. The molecule has 8 aromatic rings. The van der Waals surface area contributed by atoms with E-state index in [2.05, 4.69) is 132 Å². The first-order chi connectivity index (χ1) is 18.8. The standard InChI is InChI=1S/C36H23NO/c1-2-10-24(11-3-1)25-12-8-13-26(22-25)27-20-21-33-31(23-27)28-14-4-6-17-32(28)37(33)34-18-9-16-30-29-15-5-7-19-35(29)38-36(30)34/h1-23H. The Labute approximate surface area is 220 Å². The van der Waals surface area contributed by atoms with Crippen molar-refractivity contribution >= 4 is 43.7 Å². The van der Waals surface area contributed by atoms with Crippen LogP contribution in [0.5, 0.6) is 0 Å². The number of hydrogen-bond acceptors (Lipinski definition) is 1. The van der Waals surface area contributed by atoms with Crippen molar-refractivity contribution < 1.29 is 4.42 Å². The van der Waals surface area contributed by atoms with Crippen molar-refractivity contribution in [2.75, 3.05) is 0 Å². The highest BCUT2D eigenvalue weighted by Crippen LogP contribution is 2.39. The summed E-state index contributed by atoms with van der Waals surface area (Å²) in [5.74, 6) is 0. The van der Waals surface area contributed by atoms with E-state index in [1.807, 2.05) is 12.1 Å². The van der Waals surface area contributed by atoms with Crippen LogP contribution in [0.2, 0.25) is 0 Å². The SMILES string of the molecule is c1ccc(-c2cccc(-c3ccc4c(c3)c3ccccc3n4-c3cccc4c3oc3ccccc34)c2)cc1. The van der Waals surface area contributed by atoms with Crippen molar-refractivity contribution in [3.05, 3.63) is 140 Å². The molecule has 38 heavy (non-hydrogen) atoms. The number of fused-ring (bicyclic) bond motifs is 6. The monoisotopic (exact) mass is 485 g/mol. The van der Waals surface area contributed by atoms with Crippen LogP contribution in [-0.2, 0) is 0 Å². The molecule has 0 saturated heterocycles. The molecular formula is C36H23NO. The molecule has 0 unspecified atom stereocenters. The summed E-state index contributed by atoms with van der Waals surface area (Å²) in [5.41, 5.74) is 10.1. The van der Waals surface area contributed by atoms with E-state index in [-0.39, 0.29) is 0 Å². The van der Waals surface area contributed by atoms with E-state index < -0.39 is 0 Å². The summed E-state index contributed by atoms with van der Waals surface area (Å²) >= 11 is 0. The molecule has 0 aliphatic heterocycles. The molecule has 0 amide bonds. The third-order valence-corrected chi connectivity index (χ3v) is 7.60. The Kier molecular flexibility index (Phi) is 4.55. The molecule has 0 saturated carbocycles. The Bertz CT molecular complexity index is 2130. The molecule has 2 aromatic heterocycles. The van der Waals surface area contributed by atoms with Gasteiger partial charge in [-0.3, -0.25) is 0 Å². The normalized spacial score (nSPS) is 11.7. The molecule has 0 atom stereocenters. The maximum Gasteiger partial charge on any atom is 0.159 e. The number of para-hydroxylation sites is 3. The molecule has 0 bridgehead atoms.